The van der Waals surface area contributed by atoms with Crippen molar-refractivity contribution in [2.45, 2.75) is 71.8 Å². The van der Waals surface area contributed by atoms with Crippen LogP contribution in [0.2, 0.25) is 0 Å². The standard InChI is InChI=1S/C14H27N/c1-4-14(2,3)13(15)12-10-8-6-5-7-9-11-12/h10,13H,4-9,11,15H2,1-3H3. The van der Waals surface area contributed by atoms with E-state index in [2.05, 4.69) is 26.8 Å². The monoisotopic (exact) mass is 209 g/mol. The summed E-state index contributed by atoms with van der Waals surface area (Å²) in [5, 5.41) is 0. The van der Waals surface area contributed by atoms with Gasteiger partial charge in [0, 0.05) is 6.04 Å². The summed E-state index contributed by atoms with van der Waals surface area (Å²) < 4.78 is 0. The maximum atomic E-state index is 6.39. The van der Waals surface area contributed by atoms with Gasteiger partial charge in [0.25, 0.3) is 0 Å². The third kappa shape index (κ3) is 3.64. The molecular formula is C14H27N. The fraction of sp³-hybridized carbons (Fsp3) is 0.857. The van der Waals surface area contributed by atoms with Crippen LogP contribution in [0, 0.1) is 5.41 Å². The van der Waals surface area contributed by atoms with Gasteiger partial charge < -0.3 is 5.73 Å². The SMILES string of the molecule is CCC(C)(C)C(N)C1=CCCCCCC1. The summed E-state index contributed by atoms with van der Waals surface area (Å²) in [6, 6.07) is 0.264. The predicted molar refractivity (Wildman–Crippen MR) is 67.8 cm³/mol. The lowest BCUT2D eigenvalue weighted by Gasteiger charge is -2.33. The van der Waals surface area contributed by atoms with E-state index in [0.717, 1.165) is 6.42 Å². The Labute approximate surface area is 95.1 Å². The molecule has 0 fully saturated rings. The molecule has 1 aliphatic rings. The number of rotatable bonds is 3. The van der Waals surface area contributed by atoms with Crippen molar-refractivity contribution in [3.63, 3.8) is 0 Å². The minimum absolute atomic E-state index is 0.255. The van der Waals surface area contributed by atoms with Gasteiger partial charge >= 0.3 is 0 Å². The van der Waals surface area contributed by atoms with Crippen LogP contribution in [0.3, 0.4) is 0 Å². The predicted octanol–water partition coefficient (Wildman–Crippen LogP) is 4.03. The first kappa shape index (κ1) is 12.8. The van der Waals surface area contributed by atoms with Crippen LogP contribution < -0.4 is 5.73 Å². The van der Waals surface area contributed by atoms with Gasteiger partial charge in [-0.1, -0.05) is 45.3 Å². The van der Waals surface area contributed by atoms with Crippen molar-refractivity contribution in [2.75, 3.05) is 0 Å². The number of allylic oxidation sites excluding steroid dienone is 1. The summed E-state index contributed by atoms with van der Waals surface area (Å²) in [7, 11) is 0. The van der Waals surface area contributed by atoms with Gasteiger partial charge in [-0.15, -0.1) is 0 Å². The van der Waals surface area contributed by atoms with Gasteiger partial charge in [-0.3, -0.25) is 0 Å². The molecule has 0 aliphatic heterocycles. The van der Waals surface area contributed by atoms with Gasteiger partial charge in [0.15, 0.2) is 0 Å². The third-order valence-corrected chi connectivity index (χ3v) is 3.98. The van der Waals surface area contributed by atoms with Gasteiger partial charge in [-0.2, -0.15) is 0 Å². The summed E-state index contributed by atoms with van der Waals surface area (Å²) >= 11 is 0. The molecule has 1 atom stereocenters. The molecule has 0 heterocycles. The Morgan fingerprint density at radius 3 is 2.60 bits per heavy atom. The van der Waals surface area contributed by atoms with E-state index in [1.165, 1.54) is 44.1 Å². The van der Waals surface area contributed by atoms with E-state index >= 15 is 0 Å². The largest absolute Gasteiger partial charge is 0.324 e. The van der Waals surface area contributed by atoms with Crippen molar-refractivity contribution in [3.8, 4) is 0 Å². The minimum Gasteiger partial charge on any atom is -0.324 e. The molecule has 15 heavy (non-hydrogen) atoms. The Kier molecular flexibility index (Phi) is 4.85. The zero-order chi connectivity index (χ0) is 11.3. The zero-order valence-corrected chi connectivity index (χ0v) is 10.7. The van der Waals surface area contributed by atoms with Crippen molar-refractivity contribution in [3.05, 3.63) is 11.6 Å². The van der Waals surface area contributed by atoms with Crippen LogP contribution in [0.5, 0.6) is 0 Å². The highest BCUT2D eigenvalue weighted by molar-refractivity contribution is 5.14. The summed E-state index contributed by atoms with van der Waals surface area (Å²) in [6.45, 7) is 6.82. The maximum Gasteiger partial charge on any atom is 0.0305 e. The van der Waals surface area contributed by atoms with Crippen LogP contribution in [0.15, 0.2) is 11.6 Å². The summed E-state index contributed by atoms with van der Waals surface area (Å²) in [5.74, 6) is 0. The number of nitrogens with two attached hydrogens (primary N) is 1. The molecule has 0 aromatic heterocycles. The van der Waals surface area contributed by atoms with Crippen molar-refractivity contribution in [1.29, 1.82) is 0 Å². The van der Waals surface area contributed by atoms with Crippen LogP contribution in [0.1, 0.15) is 65.7 Å². The second-order valence-electron chi connectivity index (χ2n) is 5.55. The lowest BCUT2D eigenvalue weighted by molar-refractivity contribution is 0.296. The van der Waals surface area contributed by atoms with Gasteiger partial charge in [0.2, 0.25) is 0 Å². The summed E-state index contributed by atoms with van der Waals surface area (Å²) in [5.41, 5.74) is 8.16. The van der Waals surface area contributed by atoms with Crippen LogP contribution in [0.25, 0.3) is 0 Å². The second-order valence-corrected chi connectivity index (χ2v) is 5.55. The van der Waals surface area contributed by atoms with Gasteiger partial charge in [0.1, 0.15) is 0 Å². The Morgan fingerprint density at radius 2 is 1.93 bits per heavy atom. The number of hydrogen-bond acceptors (Lipinski definition) is 1. The van der Waals surface area contributed by atoms with E-state index in [0.29, 0.717) is 0 Å². The van der Waals surface area contributed by atoms with Crippen molar-refractivity contribution >= 4 is 0 Å². The highest BCUT2D eigenvalue weighted by atomic mass is 14.7. The molecule has 0 amide bonds. The fourth-order valence-corrected chi connectivity index (χ4v) is 2.22. The van der Waals surface area contributed by atoms with E-state index in [1.807, 2.05) is 0 Å². The lowest BCUT2D eigenvalue weighted by atomic mass is 9.76. The fourth-order valence-electron chi connectivity index (χ4n) is 2.22. The molecule has 0 aromatic carbocycles. The van der Waals surface area contributed by atoms with Crippen LogP contribution in [-0.4, -0.2) is 6.04 Å². The summed E-state index contributed by atoms with van der Waals surface area (Å²) in [6.07, 6.45) is 11.5. The van der Waals surface area contributed by atoms with Crippen molar-refractivity contribution < 1.29 is 0 Å². The maximum absolute atomic E-state index is 6.39. The molecule has 2 N–H and O–H groups in total. The van der Waals surface area contributed by atoms with Crippen LogP contribution in [0.4, 0.5) is 0 Å². The summed E-state index contributed by atoms with van der Waals surface area (Å²) in [4.78, 5) is 0. The molecule has 1 aliphatic carbocycles. The molecule has 0 saturated heterocycles. The molecule has 88 valence electrons. The minimum atomic E-state index is 0.255. The van der Waals surface area contributed by atoms with Crippen LogP contribution in [-0.2, 0) is 0 Å². The second kappa shape index (κ2) is 5.69. The molecule has 1 heteroatoms. The van der Waals surface area contributed by atoms with E-state index in [9.17, 15) is 0 Å². The first-order chi connectivity index (χ1) is 7.08. The Morgan fingerprint density at radius 1 is 1.27 bits per heavy atom. The normalized spacial score (nSPS) is 21.5. The van der Waals surface area contributed by atoms with Gasteiger partial charge in [-0.05, 0) is 37.5 Å². The van der Waals surface area contributed by atoms with Crippen molar-refractivity contribution in [1.82, 2.24) is 0 Å². The number of hydrogen-bond donors (Lipinski definition) is 1. The molecule has 1 rings (SSSR count). The lowest BCUT2D eigenvalue weighted by Crippen LogP contribution is -2.38. The van der Waals surface area contributed by atoms with E-state index in [1.54, 1.807) is 0 Å². The topological polar surface area (TPSA) is 26.0 Å². The molecule has 0 saturated carbocycles. The Bertz CT molecular complexity index is 215. The molecule has 1 unspecified atom stereocenters. The average molecular weight is 209 g/mol. The highest BCUT2D eigenvalue weighted by Gasteiger charge is 2.27. The molecular weight excluding hydrogens is 182 g/mol. The first-order valence-corrected chi connectivity index (χ1v) is 6.52. The smallest absolute Gasteiger partial charge is 0.0305 e. The van der Waals surface area contributed by atoms with E-state index in [4.69, 9.17) is 5.73 Å². The van der Waals surface area contributed by atoms with E-state index in [-0.39, 0.29) is 11.5 Å². The molecule has 0 bridgehead atoms. The van der Waals surface area contributed by atoms with Crippen LogP contribution >= 0.6 is 0 Å². The Hall–Kier alpha value is -0.300. The van der Waals surface area contributed by atoms with Gasteiger partial charge in [0.05, 0.1) is 0 Å². The average Bonchev–Trinajstić information content (AvgIpc) is 2.16. The van der Waals surface area contributed by atoms with E-state index < -0.39 is 0 Å². The third-order valence-electron chi connectivity index (χ3n) is 3.98. The highest BCUT2D eigenvalue weighted by Crippen LogP contribution is 2.31. The zero-order valence-electron chi connectivity index (χ0n) is 10.7. The van der Waals surface area contributed by atoms with Gasteiger partial charge in [-0.25, -0.2) is 0 Å². The first-order valence-electron chi connectivity index (χ1n) is 6.52. The quantitative estimate of drug-likeness (QED) is 0.698. The molecule has 0 spiro atoms. The Balaban J connectivity index is 2.67. The molecule has 1 nitrogen and oxygen atoms in total. The van der Waals surface area contributed by atoms with Crippen molar-refractivity contribution in [2.24, 2.45) is 11.1 Å². The molecule has 0 aromatic rings. The molecule has 0 radical (unpaired) electrons.